The summed E-state index contributed by atoms with van der Waals surface area (Å²) in [5.41, 5.74) is -4.63. The molecule has 0 saturated carbocycles. The van der Waals surface area contributed by atoms with Crippen molar-refractivity contribution in [2.24, 2.45) is 0 Å². The predicted molar refractivity (Wildman–Crippen MR) is 201 cm³/mol. The molecule has 7 aromatic rings. The van der Waals surface area contributed by atoms with Gasteiger partial charge in [0, 0.05) is 44.3 Å². The van der Waals surface area contributed by atoms with Gasteiger partial charge in [0.2, 0.25) is 0 Å². The van der Waals surface area contributed by atoms with E-state index in [2.05, 4.69) is 0 Å². The Bertz CT molecular complexity index is 3220. The fourth-order valence-corrected chi connectivity index (χ4v) is 5.61. The van der Waals surface area contributed by atoms with E-state index in [9.17, 15) is 2.82 Å². The molecule has 226 valence electrons. The second-order valence-electron chi connectivity index (χ2n) is 10.4. The summed E-state index contributed by atoms with van der Waals surface area (Å²) in [5, 5.41) is 0. The Balaban J connectivity index is 1.64. The van der Waals surface area contributed by atoms with Crippen LogP contribution in [0.5, 0.6) is 0 Å². The van der Waals surface area contributed by atoms with Crippen LogP contribution in [-0.2, 0) is 0 Å². The number of rotatable bonds is 4. The first-order valence-corrected chi connectivity index (χ1v) is 14.4. The van der Waals surface area contributed by atoms with Gasteiger partial charge in [0.25, 0.3) is 0 Å². The molecule has 4 nitrogen and oxygen atoms in total. The number of nitrogens with zero attached hydrogens (tertiary/aromatic N) is 2. The second-order valence-corrected chi connectivity index (χ2v) is 10.4. The van der Waals surface area contributed by atoms with Crippen LogP contribution in [-0.4, -0.2) is 19.9 Å². The average molecular weight is 637 g/mol. The van der Waals surface area contributed by atoms with E-state index in [0.717, 1.165) is 9.95 Å². The molecule has 4 aromatic carbocycles. The number of nitrogens with one attached hydrogen (secondary N) is 2. The van der Waals surface area contributed by atoms with Crippen LogP contribution in [0.4, 0.5) is 0 Å². The normalized spacial score (nSPS) is 18.4. The van der Waals surface area contributed by atoms with E-state index in [0.29, 0.717) is 0 Å². The standard InChI is InChI=1S/C44H30N4/c1-5-13-29(14-6-1)41-33-21-23-35(45-33)42(30-15-7-2-8-16-30)37-25-27-39(47-37)44(32-19-11-4-12-20-32)40-28-26-38(48-40)43(31-17-9-3-10-18-31)36-24-22-34(41)46-36/h1-28,45,48H/i1D,2D,3D,4D,5D,6D,7D,8D,9D,10D,11D,12D,13D,14D,15D,16D,17D,18D,19D,20D,41+0/hD2. The van der Waals surface area contributed by atoms with Crippen molar-refractivity contribution in [2.45, 2.75) is 0 Å². The summed E-state index contributed by atoms with van der Waals surface area (Å²) >= 11 is 0. The molecule has 0 atom stereocenters. The van der Waals surface area contributed by atoms with Crippen molar-refractivity contribution in [3.63, 3.8) is 0 Å². The fraction of sp³-hybridized carbons (Fsp3) is 0. The van der Waals surface area contributed by atoms with Crippen molar-refractivity contribution in [3.05, 3.63) is 168 Å². The van der Waals surface area contributed by atoms with Gasteiger partial charge in [-0.2, -0.15) is 0 Å². The molecule has 2 aliphatic rings. The van der Waals surface area contributed by atoms with Crippen LogP contribution < -0.4 is 0 Å². The molecular weight excluding hydrogens is 585 g/mol. The van der Waals surface area contributed by atoms with Crippen LogP contribution in [0.2, 0.25) is 2.82 Å². The highest BCUT2D eigenvalue weighted by Crippen LogP contribution is 2.38. The van der Waals surface area contributed by atoms with Crippen LogP contribution in [0.25, 0.3) is 90.9 Å². The van der Waals surface area contributed by atoms with Crippen molar-refractivity contribution in [2.75, 3.05) is 0 Å². The molecule has 0 amide bonds. The van der Waals surface area contributed by atoms with E-state index in [1.165, 1.54) is 48.6 Å². The van der Waals surface area contributed by atoms with E-state index in [1.54, 1.807) is 0 Å². The van der Waals surface area contributed by atoms with Crippen LogP contribution in [0.3, 0.4) is 0 Å². The SMILES string of the molecule is [2H]c1c([2H])c([2H])c(-c2c3nc(c(-c4c([2H])c([2H])c([2H])c([2H])c4[2H])c4ccc([12c](-c5c([2H])c([2H])c([2H])c([2H])c5[2H])c5nc(c(-c6c([2H])c([2H])c([2H])c([2H])c6[2H])c6ccc2n6[2H])C=C5)n4[2H])C=C3)c([2H])c1[2H]. The molecule has 9 rings (SSSR count). The molecule has 5 heterocycles. The number of H-pyrrole nitrogens is 2. The quantitative estimate of drug-likeness (QED) is 0.202. The topological polar surface area (TPSA) is 57.4 Å². The van der Waals surface area contributed by atoms with Gasteiger partial charge in [-0.1, -0.05) is 121 Å². The van der Waals surface area contributed by atoms with Crippen molar-refractivity contribution in [1.82, 2.24) is 19.9 Å². The van der Waals surface area contributed by atoms with Gasteiger partial charge < -0.3 is 9.95 Å². The highest BCUT2D eigenvalue weighted by molar-refractivity contribution is 5.99. The highest BCUT2D eigenvalue weighted by atomic mass is 14.8. The molecule has 0 radical (unpaired) electrons. The summed E-state index contributed by atoms with van der Waals surface area (Å²) in [7, 11) is 0. The second kappa shape index (κ2) is 11.7. The van der Waals surface area contributed by atoms with Gasteiger partial charge in [-0.25, -0.2) is 9.97 Å². The molecule has 2 N–H and O–H groups in total. The fourth-order valence-electron chi connectivity index (χ4n) is 5.61. The first-order chi connectivity index (χ1) is 32.9. The third-order valence-corrected chi connectivity index (χ3v) is 7.61. The maximum atomic E-state index is 9.75. The van der Waals surface area contributed by atoms with Gasteiger partial charge in [-0.15, -0.1) is 0 Å². The lowest BCUT2D eigenvalue weighted by Crippen LogP contribution is -1.89. The van der Waals surface area contributed by atoms with E-state index in [1.807, 2.05) is 0 Å². The lowest BCUT2D eigenvalue weighted by Gasteiger charge is -2.07. The summed E-state index contributed by atoms with van der Waals surface area (Å²) < 4.78 is 194. The lowest BCUT2D eigenvalue weighted by molar-refractivity contribution is 1.31. The summed E-state index contributed by atoms with van der Waals surface area (Å²) in [6.07, 6.45) is 5.27. The summed E-state index contributed by atoms with van der Waals surface area (Å²) in [6, 6.07) is -9.69. The summed E-state index contributed by atoms with van der Waals surface area (Å²) in [6.45, 7) is 0. The van der Waals surface area contributed by atoms with Crippen molar-refractivity contribution in [1.29, 1.82) is 0 Å². The predicted octanol–water partition coefficient (Wildman–Crippen LogP) is 11.3. The number of benzene rings is 4. The molecule has 0 aliphatic carbocycles. The zero-order valence-corrected chi connectivity index (χ0v) is 24.4. The van der Waals surface area contributed by atoms with Crippen LogP contribution >= 0.6 is 0 Å². The molecule has 0 spiro atoms. The largest absolute Gasteiger partial charge is 0.354 e. The van der Waals surface area contributed by atoms with Gasteiger partial charge in [0.1, 0.15) is 0 Å². The molecule has 3 aromatic heterocycles. The number of hydrogen-bond acceptors (Lipinski definition) is 2. The van der Waals surface area contributed by atoms with Crippen molar-refractivity contribution >= 4 is 46.4 Å². The molecule has 0 saturated heterocycles. The minimum atomic E-state index is -0.761. The van der Waals surface area contributed by atoms with Crippen LogP contribution in [0.1, 0.15) is 50.2 Å². The Morgan fingerprint density at radius 3 is 0.812 bits per heavy atom. The van der Waals surface area contributed by atoms with Gasteiger partial charge in [0.15, 0.2) is 2.82 Å². The van der Waals surface area contributed by atoms with Gasteiger partial charge >= 0.3 is 0 Å². The Kier molecular flexibility index (Phi) is 3.24. The Morgan fingerprint density at radius 1 is 0.354 bits per heavy atom. The highest BCUT2D eigenvalue weighted by Gasteiger charge is 2.18. The number of hydrogen-bond donors (Lipinski definition) is 2. The average Bonchev–Trinajstić information content (AvgIpc) is 4.17. The van der Waals surface area contributed by atoms with Crippen LogP contribution in [0.15, 0.2) is 145 Å². The van der Waals surface area contributed by atoms with Gasteiger partial charge in [-0.05, 0) is 70.8 Å². The Morgan fingerprint density at radius 2 is 0.583 bits per heavy atom. The third-order valence-electron chi connectivity index (χ3n) is 7.61. The molecule has 2 aliphatic heterocycles. The summed E-state index contributed by atoms with van der Waals surface area (Å²) in [5.74, 6) is 0. The Labute approximate surface area is 309 Å². The first kappa shape index (κ1) is 13.3. The molecule has 0 unspecified atom stereocenters. The molecule has 4 heteroatoms. The van der Waals surface area contributed by atoms with Gasteiger partial charge in [-0.3, -0.25) is 0 Å². The first-order valence-electron chi connectivity index (χ1n) is 25.3. The van der Waals surface area contributed by atoms with E-state index >= 15 is 0 Å². The molecular formula is C44H30N4. The molecule has 48 heavy (non-hydrogen) atoms. The maximum absolute atomic E-state index is 9.75. The smallest absolute Gasteiger partial charge is 0.167 e. The van der Waals surface area contributed by atoms with Gasteiger partial charge in [0.05, 0.1) is 50.2 Å². The summed E-state index contributed by atoms with van der Waals surface area (Å²) in [4.78, 5) is 11.0. The van der Waals surface area contributed by atoms with E-state index < -0.39 is 143 Å². The minimum Gasteiger partial charge on any atom is -0.354 e. The molecule has 8 bridgehead atoms. The third kappa shape index (κ3) is 4.88. The van der Waals surface area contributed by atoms with E-state index in [-0.39, 0.29) is 67.1 Å². The minimum absolute atomic E-state index is 0.198. The monoisotopic (exact) mass is 636 g/mol. The van der Waals surface area contributed by atoms with Crippen LogP contribution in [0, 0.1) is 0 Å². The number of aromatic amines is 2. The van der Waals surface area contributed by atoms with Crippen molar-refractivity contribution < 1.29 is 30.2 Å². The number of fused-ring (bicyclic) bond motifs is 8. The molecule has 0 fully saturated rings. The maximum Gasteiger partial charge on any atom is 0.167 e. The van der Waals surface area contributed by atoms with E-state index in [4.69, 9.17) is 37.4 Å². The zero-order valence-electron chi connectivity index (χ0n) is 46.4. The number of aromatic nitrogens is 4. The van der Waals surface area contributed by atoms with Crippen molar-refractivity contribution in [3.8, 4) is 44.5 Å². The zero-order chi connectivity index (χ0) is 51.0. The Hall–Kier alpha value is -6.52. The lowest BCUT2D eigenvalue weighted by atomic mass is 10.0.